The molecule has 2 fully saturated rings. The average molecular weight is 381 g/mol. The second kappa shape index (κ2) is 8.00. The van der Waals surface area contributed by atoms with Crippen LogP contribution >= 0.6 is 15.9 Å². The number of piperazine rings is 1. The molecule has 1 heterocycles. The number of ether oxygens (including phenoxy) is 1. The first-order valence-electron chi connectivity index (χ1n) is 8.96. The standard InChI is InChI=1S/C19H29BrN2O/c1-15-5-3-4-6-18(15)22-11-9-21(10-12-22)14-16-13-17(20)7-8-19(16)23-2/h7-8,13,15,18H,3-6,9-12,14H2,1-2H3. The van der Waals surface area contributed by atoms with Crippen LogP contribution in [0.2, 0.25) is 0 Å². The molecule has 2 unspecified atom stereocenters. The van der Waals surface area contributed by atoms with E-state index in [0.717, 1.165) is 28.7 Å². The van der Waals surface area contributed by atoms with Crippen LogP contribution in [0.5, 0.6) is 5.75 Å². The summed E-state index contributed by atoms with van der Waals surface area (Å²) in [5.41, 5.74) is 1.28. The zero-order valence-electron chi connectivity index (χ0n) is 14.4. The summed E-state index contributed by atoms with van der Waals surface area (Å²) in [6, 6.07) is 7.12. The Kier molecular flexibility index (Phi) is 6.00. The second-order valence-electron chi connectivity index (χ2n) is 7.10. The molecule has 3 rings (SSSR count). The van der Waals surface area contributed by atoms with E-state index in [1.807, 2.05) is 6.07 Å². The Morgan fingerprint density at radius 1 is 1.13 bits per heavy atom. The zero-order chi connectivity index (χ0) is 16.2. The largest absolute Gasteiger partial charge is 0.496 e. The van der Waals surface area contributed by atoms with Gasteiger partial charge in [0.2, 0.25) is 0 Å². The molecule has 3 nitrogen and oxygen atoms in total. The van der Waals surface area contributed by atoms with Gasteiger partial charge in [-0.15, -0.1) is 0 Å². The maximum absolute atomic E-state index is 5.51. The second-order valence-corrected chi connectivity index (χ2v) is 8.01. The predicted molar refractivity (Wildman–Crippen MR) is 99.0 cm³/mol. The van der Waals surface area contributed by atoms with Crippen molar-refractivity contribution in [3.05, 3.63) is 28.2 Å². The molecule has 1 aliphatic carbocycles. The molecular formula is C19H29BrN2O. The molecule has 0 bridgehead atoms. The predicted octanol–water partition coefficient (Wildman–Crippen LogP) is 4.15. The highest BCUT2D eigenvalue weighted by molar-refractivity contribution is 9.10. The first-order valence-corrected chi connectivity index (χ1v) is 9.75. The Labute approximate surface area is 149 Å². The van der Waals surface area contributed by atoms with Gasteiger partial charge in [-0.1, -0.05) is 35.7 Å². The number of rotatable bonds is 4. The molecule has 4 heteroatoms. The van der Waals surface area contributed by atoms with Gasteiger partial charge in [-0.05, 0) is 37.0 Å². The third kappa shape index (κ3) is 4.28. The third-order valence-electron chi connectivity index (χ3n) is 5.58. The van der Waals surface area contributed by atoms with Crippen molar-refractivity contribution in [3.8, 4) is 5.75 Å². The molecule has 1 saturated heterocycles. The first kappa shape index (κ1) is 17.2. The number of methoxy groups -OCH3 is 1. The minimum Gasteiger partial charge on any atom is -0.496 e. The lowest BCUT2D eigenvalue weighted by Crippen LogP contribution is -2.52. The molecule has 23 heavy (non-hydrogen) atoms. The molecule has 0 spiro atoms. The summed E-state index contributed by atoms with van der Waals surface area (Å²) in [6.45, 7) is 8.19. The SMILES string of the molecule is COc1ccc(Br)cc1CN1CCN(C2CCCCC2C)CC1. The van der Waals surface area contributed by atoms with Crippen molar-refractivity contribution in [1.29, 1.82) is 0 Å². The summed E-state index contributed by atoms with van der Waals surface area (Å²) >= 11 is 3.58. The highest BCUT2D eigenvalue weighted by atomic mass is 79.9. The minimum absolute atomic E-state index is 0.825. The van der Waals surface area contributed by atoms with Crippen molar-refractivity contribution in [3.63, 3.8) is 0 Å². The Morgan fingerprint density at radius 2 is 1.87 bits per heavy atom. The van der Waals surface area contributed by atoms with Crippen LogP contribution < -0.4 is 4.74 Å². The smallest absolute Gasteiger partial charge is 0.123 e. The van der Waals surface area contributed by atoms with Gasteiger partial charge in [-0.2, -0.15) is 0 Å². The van der Waals surface area contributed by atoms with Crippen LogP contribution in [0.4, 0.5) is 0 Å². The van der Waals surface area contributed by atoms with Crippen molar-refractivity contribution in [2.45, 2.75) is 45.2 Å². The monoisotopic (exact) mass is 380 g/mol. The normalized spacial score (nSPS) is 27.1. The highest BCUT2D eigenvalue weighted by Gasteiger charge is 2.29. The van der Waals surface area contributed by atoms with Crippen LogP contribution in [0, 0.1) is 5.92 Å². The Bertz CT molecular complexity index is 514. The van der Waals surface area contributed by atoms with E-state index in [2.05, 4.69) is 44.8 Å². The lowest BCUT2D eigenvalue weighted by molar-refractivity contribution is 0.0515. The molecule has 0 aromatic heterocycles. The molecular weight excluding hydrogens is 352 g/mol. The summed E-state index contributed by atoms with van der Waals surface area (Å²) in [7, 11) is 1.76. The summed E-state index contributed by atoms with van der Waals surface area (Å²) < 4.78 is 6.64. The van der Waals surface area contributed by atoms with Crippen LogP contribution in [0.1, 0.15) is 38.2 Å². The lowest BCUT2D eigenvalue weighted by Gasteiger charge is -2.43. The van der Waals surface area contributed by atoms with Crippen LogP contribution in [0.15, 0.2) is 22.7 Å². The summed E-state index contributed by atoms with van der Waals surface area (Å²) in [4.78, 5) is 5.31. The van der Waals surface area contributed by atoms with Crippen LogP contribution in [0.3, 0.4) is 0 Å². The molecule has 2 aliphatic rings. The van der Waals surface area contributed by atoms with Crippen molar-refractivity contribution < 1.29 is 4.74 Å². The maximum Gasteiger partial charge on any atom is 0.123 e. The minimum atomic E-state index is 0.825. The van der Waals surface area contributed by atoms with Crippen molar-refractivity contribution in [2.24, 2.45) is 5.92 Å². The van der Waals surface area contributed by atoms with E-state index in [4.69, 9.17) is 4.74 Å². The number of benzene rings is 1. The Balaban J connectivity index is 1.56. The van der Waals surface area contributed by atoms with Crippen molar-refractivity contribution in [2.75, 3.05) is 33.3 Å². The summed E-state index contributed by atoms with van der Waals surface area (Å²) in [6.07, 6.45) is 5.67. The molecule has 1 aromatic rings. The average Bonchev–Trinajstić information content (AvgIpc) is 2.56. The van der Waals surface area contributed by atoms with Crippen LogP contribution in [-0.2, 0) is 6.54 Å². The van der Waals surface area contributed by atoms with Crippen LogP contribution in [-0.4, -0.2) is 49.1 Å². The fraction of sp³-hybridized carbons (Fsp3) is 0.684. The number of nitrogens with zero attached hydrogens (tertiary/aromatic N) is 2. The highest BCUT2D eigenvalue weighted by Crippen LogP contribution is 2.29. The van der Waals surface area contributed by atoms with Gasteiger partial charge in [0.15, 0.2) is 0 Å². The van der Waals surface area contributed by atoms with E-state index in [-0.39, 0.29) is 0 Å². The van der Waals surface area contributed by atoms with E-state index >= 15 is 0 Å². The van der Waals surface area contributed by atoms with Crippen molar-refractivity contribution >= 4 is 15.9 Å². The summed E-state index contributed by atoms with van der Waals surface area (Å²) in [5, 5.41) is 0. The number of halogens is 1. The van der Waals surface area contributed by atoms with Gasteiger partial charge in [0, 0.05) is 48.8 Å². The van der Waals surface area contributed by atoms with E-state index < -0.39 is 0 Å². The quantitative estimate of drug-likeness (QED) is 0.779. The summed E-state index contributed by atoms with van der Waals surface area (Å²) in [5.74, 6) is 1.87. The topological polar surface area (TPSA) is 15.7 Å². The third-order valence-corrected chi connectivity index (χ3v) is 6.07. The lowest BCUT2D eigenvalue weighted by atomic mass is 9.84. The first-order chi connectivity index (χ1) is 11.2. The van der Waals surface area contributed by atoms with Gasteiger partial charge in [0.25, 0.3) is 0 Å². The van der Waals surface area contributed by atoms with Gasteiger partial charge < -0.3 is 4.74 Å². The van der Waals surface area contributed by atoms with Gasteiger partial charge >= 0.3 is 0 Å². The zero-order valence-corrected chi connectivity index (χ0v) is 16.0. The van der Waals surface area contributed by atoms with E-state index in [0.29, 0.717) is 0 Å². The van der Waals surface area contributed by atoms with E-state index in [9.17, 15) is 0 Å². The molecule has 128 valence electrons. The van der Waals surface area contributed by atoms with Gasteiger partial charge in [-0.25, -0.2) is 0 Å². The molecule has 0 radical (unpaired) electrons. The Hall–Kier alpha value is -0.580. The number of hydrogen-bond donors (Lipinski definition) is 0. The number of hydrogen-bond acceptors (Lipinski definition) is 3. The molecule has 0 amide bonds. The molecule has 1 aromatic carbocycles. The van der Waals surface area contributed by atoms with Gasteiger partial charge in [-0.3, -0.25) is 9.80 Å². The Morgan fingerprint density at radius 3 is 2.57 bits per heavy atom. The molecule has 1 saturated carbocycles. The van der Waals surface area contributed by atoms with E-state index in [1.165, 1.54) is 57.4 Å². The fourth-order valence-electron chi connectivity index (χ4n) is 4.20. The van der Waals surface area contributed by atoms with Crippen LogP contribution in [0.25, 0.3) is 0 Å². The molecule has 1 aliphatic heterocycles. The molecule has 0 N–H and O–H groups in total. The van der Waals surface area contributed by atoms with Gasteiger partial charge in [0.1, 0.15) is 5.75 Å². The van der Waals surface area contributed by atoms with Crippen molar-refractivity contribution in [1.82, 2.24) is 9.80 Å². The fourth-order valence-corrected chi connectivity index (χ4v) is 4.61. The maximum atomic E-state index is 5.51. The molecule has 2 atom stereocenters. The van der Waals surface area contributed by atoms with E-state index in [1.54, 1.807) is 7.11 Å². The van der Waals surface area contributed by atoms with Gasteiger partial charge in [0.05, 0.1) is 7.11 Å².